The van der Waals surface area contributed by atoms with Crippen molar-refractivity contribution in [3.63, 3.8) is 0 Å². The minimum Gasteiger partial charge on any atom is -0.355 e. The van der Waals surface area contributed by atoms with E-state index in [1.807, 2.05) is 5.38 Å². The summed E-state index contributed by atoms with van der Waals surface area (Å²) < 4.78 is 13.3. The van der Waals surface area contributed by atoms with Crippen molar-refractivity contribution in [2.75, 3.05) is 23.3 Å². The summed E-state index contributed by atoms with van der Waals surface area (Å²) in [7, 11) is 0. The second kappa shape index (κ2) is 8.20. The molecular weight excluding hydrogens is 401 g/mol. The molecule has 0 bridgehead atoms. The highest BCUT2D eigenvalue weighted by molar-refractivity contribution is 7.14. The summed E-state index contributed by atoms with van der Waals surface area (Å²) in [4.78, 5) is 27.5. The number of nitrogens with zero attached hydrogens (tertiary/aromatic N) is 4. The zero-order chi connectivity index (χ0) is 19.5. The molecular formula is C19H17ClFN5OS. The van der Waals surface area contributed by atoms with Crippen LogP contribution >= 0.6 is 22.9 Å². The van der Waals surface area contributed by atoms with Gasteiger partial charge in [0, 0.05) is 42.3 Å². The van der Waals surface area contributed by atoms with Crippen LogP contribution in [0.4, 0.5) is 15.3 Å². The zero-order valence-corrected chi connectivity index (χ0v) is 16.4. The number of benzene rings is 1. The summed E-state index contributed by atoms with van der Waals surface area (Å²) in [5, 5.41) is 5.28. The van der Waals surface area contributed by atoms with E-state index in [4.69, 9.17) is 11.6 Å². The van der Waals surface area contributed by atoms with Crippen molar-refractivity contribution in [2.45, 2.75) is 12.8 Å². The first-order chi connectivity index (χ1) is 13.6. The molecule has 28 heavy (non-hydrogen) atoms. The third-order valence-corrected chi connectivity index (χ3v) is 5.74. The van der Waals surface area contributed by atoms with Crippen LogP contribution in [0.1, 0.15) is 12.8 Å². The maximum atomic E-state index is 13.3. The molecule has 3 aromatic rings. The molecule has 4 rings (SSSR count). The average Bonchev–Trinajstić information content (AvgIpc) is 3.19. The van der Waals surface area contributed by atoms with Crippen molar-refractivity contribution < 1.29 is 9.18 Å². The van der Waals surface area contributed by atoms with Crippen molar-refractivity contribution in [3.8, 4) is 11.3 Å². The van der Waals surface area contributed by atoms with Gasteiger partial charge in [-0.15, -0.1) is 11.3 Å². The Morgan fingerprint density at radius 2 is 2.11 bits per heavy atom. The fourth-order valence-corrected chi connectivity index (χ4v) is 4.06. The van der Waals surface area contributed by atoms with Gasteiger partial charge in [0.25, 0.3) is 0 Å². The summed E-state index contributed by atoms with van der Waals surface area (Å²) in [6, 6.07) is 4.45. The van der Waals surface area contributed by atoms with Crippen LogP contribution in [-0.2, 0) is 4.79 Å². The Balaban J connectivity index is 1.36. The fourth-order valence-electron chi connectivity index (χ4n) is 3.15. The summed E-state index contributed by atoms with van der Waals surface area (Å²) in [5.74, 6) is 0.267. The van der Waals surface area contributed by atoms with Crippen LogP contribution in [0.5, 0.6) is 0 Å². The second-order valence-corrected chi connectivity index (χ2v) is 7.75. The number of hydrogen-bond acceptors (Lipinski definition) is 6. The molecule has 1 aliphatic heterocycles. The zero-order valence-electron chi connectivity index (χ0n) is 14.8. The number of anilines is 2. The lowest BCUT2D eigenvalue weighted by atomic mass is 9.96. The molecule has 1 amide bonds. The lowest BCUT2D eigenvalue weighted by molar-refractivity contribution is -0.120. The number of rotatable bonds is 4. The molecule has 1 fully saturated rings. The van der Waals surface area contributed by atoms with Gasteiger partial charge >= 0.3 is 0 Å². The number of piperidine rings is 1. The first-order valence-corrected chi connectivity index (χ1v) is 10.1. The molecule has 2 aromatic heterocycles. The van der Waals surface area contributed by atoms with Crippen molar-refractivity contribution in [3.05, 3.63) is 53.0 Å². The predicted octanol–water partition coefficient (Wildman–Crippen LogP) is 4.25. The number of carbonyl (C=O) groups excluding carboxylic acids is 1. The molecule has 3 heterocycles. The Labute approximate surface area is 170 Å². The lowest BCUT2D eigenvalue weighted by Gasteiger charge is -2.31. The van der Waals surface area contributed by atoms with Crippen molar-refractivity contribution in [1.29, 1.82) is 0 Å². The first kappa shape index (κ1) is 18.8. The maximum absolute atomic E-state index is 13.3. The van der Waals surface area contributed by atoms with Gasteiger partial charge < -0.3 is 10.2 Å². The molecule has 0 atom stereocenters. The largest absolute Gasteiger partial charge is 0.355 e. The third kappa shape index (κ3) is 4.13. The van der Waals surface area contributed by atoms with Crippen molar-refractivity contribution in [1.82, 2.24) is 15.0 Å². The van der Waals surface area contributed by atoms with Gasteiger partial charge in [-0.2, -0.15) is 0 Å². The third-order valence-electron chi connectivity index (χ3n) is 4.69. The average molecular weight is 418 g/mol. The van der Waals surface area contributed by atoms with Gasteiger partial charge in [0.1, 0.15) is 11.6 Å². The summed E-state index contributed by atoms with van der Waals surface area (Å²) in [5.41, 5.74) is 1.36. The monoisotopic (exact) mass is 417 g/mol. The highest BCUT2D eigenvalue weighted by Gasteiger charge is 2.26. The van der Waals surface area contributed by atoms with Crippen LogP contribution in [-0.4, -0.2) is 33.9 Å². The van der Waals surface area contributed by atoms with Gasteiger partial charge in [-0.25, -0.2) is 14.4 Å². The normalized spacial score (nSPS) is 14.9. The molecule has 9 heteroatoms. The van der Waals surface area contributed by atoms with Crippen LogP contribution in [0.25, 0.3) is 11.3 Å². The number of hydrogen-bond donors (Lipinski definition) is 1. The van der Waals surface area contributed by atoms with E-state index < -0.39 is 5.82 Å². The fraction of sp³-hybridized carbons (Fsp3) is 0.263. The minimum atomic E-state index is -0.470. The van der Waals surface area contributed by atoms with Gasteiger partial charge in [0.2, 0.25) is 5.91 Å². The Hall–Kier alpha value is -2.58. The van der Waals surface area contributed by atoms with Crippen LogP contribution < -0.4 is 10.2 Å². The maximum Gasteiger partial charge on any atom is 0.229 e. The number of aromatic nitrogens is 3. The number of amides is 1. The first-order valence-electron chi connectivity index (χ1n) is 8.83. The van der Waals surface area contributed by atoms with E-state index in [9.17, 15) is 9.18 Å². The molecule has 1 aromatic carbocycles. The molecule has 6 nitrogen and oxygen atoms in total. The van der Waals surface area contributed by atoms with E-state index >= 15 is 0 Å². The molecule has 0 aliphatic carbocycles. The Kier molecular flexibility index (Phi) is 5.50. The number of nitrogens with one attached hydrogen (secondary N) is 1. The van der Waals surface area contributed by atoms with E-state index in [0.717, 1.165) is 31.7 Å². The number of carbonyl (C=O) groups is 1. The molecule has 1 N–H and O–H groups in total. The highest BCUT2D eigenvalue weighted by atomic mass is 35.5. The highest BCUT2D eigenvalue weighted by Crippen LogP contribution is 2.29. The molecule has 144 valence electrons. The second-order valence-electron chi connectivity index (χ2n) is 6.48. The van der Waals surface area contributed by atoms with Crippen LogP contribution in [0.2, 0.25) is 5.02 Å². The van der Waals surface area contributed by atoms with Gasteiger partial charge in [-0.1, -0.05) is 11.6 Å². The van der Waals surface area contributed by atoms with E-state index in [2.05, 4.69) is 25.2 Å². The van der Waals surface area contributed by atoms with Crippen molar-refractivity contribution in [2.24, 2.45) is 5.92 Å². The van der Waals surface area contributed by atoms with Gasteiger partial charge in [-0.05, 0) is 31.0 Å². The van der Waals surface area contributed by atoms with Gasteiger partial charge in [-0.3, -0.25) is 9.78 Å². The SMILES string of the molecule is O=C(Nc1nc(-c2ccc(F)c(Cl)c2)cs1)C1CCN(c2cnccn2)CC1. The molecule has 1 saturated heterocycles. The van der Waals surface area contributed by atoms with E-state index in [1.54, 1.807) is 24.7 Å². The predicted molar refractivity (Wildman–Crippen MR) is 108 cm³/mol. The Morgan fingerprint density at radius 1 is 1.29 bits per heavy atom. The van der Waals surface area contributed by atoms with E-state index in [1.165, 1.54) is 23.5 Å². The minimum absolute atomic E-state index is 0.0307. The summed E-state index contributed by atoms with van der Waals surface area (Å²) in [6.07, 6.45) is 6.54. The summed E-state index contributed by atoms with van der Waals surface area (Å²) in [6.45, 7) is 1.52. The Bertz CT molecular complexity index is 975. The number of halogens is 2. The topological polar surface area (TPSA) is 71.0 Å². The molecule has 0 unspecified atom stereocenters. The molecule has 0 saturated carbocycles. The standard InChI is InChI=1S/C19H17ClFN5OS/c20-14-9-13(1-2-15(14)21)16-11-28-19(24-16)25-18(27)12-3-7-26(8-4-12)17-10-22-5-6-23-17/h1-2,5-6,9-12H,3-4,7-8H2,(H,24,25,27). The van der Waals surface area contributed by atoms with Crippen molar-refractivity contribution >= 4 is 39.8 Å². The molecule has 1 aliphatic rings. The summed E-state index contributed by atoms with van der Waals surface area (Å²) >= 11 is 7.17. The lowest BCUT2D eigenvalue weighted by Crippen LogP contribution is -2.38. The van der Waals surface area contributed by atoms with Gasteiger partial charge in [0.05, 0.1) is 16.9 Å². The smallest absolute Gasteiger partial charge is 0.229 e. The Morgan fingerprint density at radius 3 is 2.82 bits per heavy atom. The van der Waals surface area contributed by atoms with Crippen LogP contribution in [0, 0.1) is 11.7 Å². The van der Waals surface area contributed by atoms with Crippen LogP contribution in [0.15, 0.2) is 42.2 Å². The van der Waals surface area contributed by atoms with E-state index in [-0.39, 0.29) is 16.8 Å². The molecule has 0 spiro atoms. The molecule has 0 radical (unpaired) electrons. The quantitative estimate of drug-likeness (QED) is 0.687. The van der Waals surface area contributed by atoms with E-state index in [0.29, 0.717) is 16.4 Å². The number of thiazole rings is 1. The van der Waals surface area contributed by atoms with Gasteiger partial charge in [0.15, 0.2) is 5.13 Å². The van der Waals surface area contributed by atoms with Crippen LogP contribution in [0.3, 0.4) is 0 Å².